The summed E-state index contributed by atoms with van der Waals surface area (Å²) in [6.45, 7) is 5.21. The molecule has 1 aliphatic heterocycles. The van der Waals surface area contributed by atoms with Gasteiger partial charge in [-0.1, -0.05) is 34.0 Å². The van der Waals surface area contributed by atoms with Crippen LogP contribution in [0.2, 0.25) is 0 Å². The minimum Gasteiger partial charge on any atom is -0.465 e. The molecular weight excluding hydrogens is 548 g/mol. The van der Waals surface area contributed by atoms with Crippen molar-refractivity contribution < 1.29 is 37.3 Å². The van der Waals surface area contributed by atoms with Crippen molar-refractivity contribution in [2.75, 3.05) is 13.2 Å². The Bertz CT molecular complexity index is 954. The molecular formula is C25H33BrF4N2O4. The molecule has 0 radical (unpaired) electrons. The fourth-order valence-electron chi connectivity index (χ4n) is 4.37. The third kappa shape index (κ3) is 7.57. The van der Waals surface area contributed by atoms with Gasteiger partial charge in [0.05, 0.1) is 19.3 Å². The number of nitrogens with zero attached hydrogens (tertiary/aromatic N) is 1. The monoisotopic (exact) mass is 580 g/mol. The number of amides is 1. The van der Waals surface area contributed by atoms with E-state index in [0.717, 1.165) is 0 Å². The van der Waals surface area contributed by atoms with Gasteiger partial charge in [-0.2, -0.15) is 13.2 Å². The van der Waals surface area contributed by atoms with E-state index in [2.05, 4.69) is 33.1 Å². The first-order valence-corrected chi connectivity index (χ1v) is 12.4. The lowest BCUT2D eigenvalue weighted by Crippen LogP contribution is -2.58. The van der Waals surface area contributed by atoms with Crippen LogP contribution >= 0.6 is 15.9 Å². The second-order valence-corrected chi connectivity index (χ2v) is 10.9. The Balaban J connectivity index is 2.32. The second-order valence-electron chi connectivity index (χ2n) is 9.96. The largest absolute Gasteiger partial charge is 0.465 e. The van der Waals surface area contributed by atoms with Crippen LogP contribution in [0.1, 0.15) is 58.9 Å². The van der Waals surface area contributed by atoms with E-state index in [1.165, 1.54) is 43.0 Å². The maximum absolute atomic E-state index is 14.6. The zero-order valence-corrected chi connectivity index (χ0v) is 22.3. The number of halogens is 5. The van der Waals surface area contributed by atoms with Crippen LogP contribution in [0, 0.1) is 11.8 Å². The molecule has 0 unspecified atom stereocenters. The maximum atomic E-state index is 14.6. The van der Waals surface area contributed by atoms with Crippen molar-refractivity contribution in [2.45, 2.75) is 88.6 Å². The summed E-state index contributed by atoms with van der Waals surface area (Å²) in [5.41, 5.74) is -5.85. The summed E-state index contributed by atoms with van der Waals surface area (Å²) in [6.07, 6.45) is -5.61. The fraction of sp³-hybridized carbons (Fsp3) is 0.640. The molecule has 11 heteroatoms. The van der Waals surface area contributed by atoms with Crippen molar-refractivity contribution in [1.82, 2.24) is 10.2 Å². The van der Waals surface area contributed by atoms with Crippen LogP contribution in [-0.4, -0.2) is 64.1 Å². The average Bonchev–Trinajstić information content (AvgIpc) is 3.05. The number of aliphatic hydroxyl groups is 1. The van der Waals surface area contributed by atoms with Crippen LogP contribution in [-0.2, 0) is 10.3 Å². The molecule has 1 fully saturated rings. The molecule has 0 aliphatic carbocycles. The van der Waals surface area contributed by atoms with Gasteiger partial charge in [-0.3, -0.25) is 10.2 Å². The normalized spacial score (nSPS) is 20.4. The van der Waals surface area contributed by atoms with Crippen LogP contribution < -0.4 is 5.32 Å². The van der Waals surface area contributed by atoms with E-state index < -0.39 is 47.9 Å². The molecule has 1 amide bonds. The predicted octanol–water partition coefficient (Wildman–Crippen LogP) is 5.58. The molecule has 3 N–H and O–H groups in total. The highest BCUT2D eigenvalue weighted by atomic mass is 79.9. The van der Waals surface area contributed by atoms with Crippen molar-refractivity contribution in [3.63, 3.8) is 0 Å². The zero-order chi connectivity index (χ0) is 27.4. The van der Waals surface area contributed by atoms with Crippen LogP contribution in [0.3, 0.4) is 0 Å². The van der Waals surface area contributed by atoms with Crippen molar-refractivity contribution in [1.29, 1.82) is 0 Å². The molecule has 1 saturated heterocycles. The maximum Gasteiger partial charge on any atom is 0.422 e. The van der Waals surface area contributed by atoms with E-state index in [-0.39, 0.29) is 25.0 Å². The van der Waals surface area contributed by atoms with Gasteiger partial charge in [-0.25, -0.2) is 9.18 Å². The number of ether oxygens (including phenoxy) is 1. The van der Waals surface area contributed by atoms with Gasteiger partial charge in [0.15, 0.2) is 0 Å². The van der Waals surface area contributed by atoms with E-state index in [0.29, 0.717) is 17.3 Å². The van der Waals surface area contributed by atoms with Gasteiger partial charge in [0, 0.05) is 16.9 Å². The number of carbonyl (C=O) groups is 1. The van der Waals surface area contributed by atoms with E-state index in [4.69, 9.17) is 4.74 Å². The molecule has 6 nitrogen and oxygen atoms in total. The molecule has 1 aromatic carbocycles. The highest BCUT2D eigenvalue weighted by molar-refractivity contribution is 9.10. The van der Waals surface area contributed by atoms with Gasteiger partial charge in [-0.15, -0.1) is 5.92 Å². The molecule has 36 heavy (non-hydrogen) atoms. The van der Waals surface area contributed by atoms with Crippen molar-refractivity contribution in [2.24, 2.45) is 0 Å². The first-order chi connectivity index (χ1) is 16.5. The van der Waals surface area contributed by atoms with E-state index in [1.54, 1.807) is 13.8 Å². The lowest BCUT2D eigenvalue weighted by molar-refractivity contribution is -0.185. The van der Waals surface area contributed by atoms with Gasteiger partial charge in [0.2, 0.25) is 5.54 Å². The Morgan fingerprint density at radius 2 is 1.89 bits per heavy atom. The molecule has 1 heterocycles. The Morgan fingerprint density at radius 3 is 2.39 bits per heavy atom. The van der Waals surface area contributed by atoms with Gasteiger partial charge in [0.1, 0.15) is 11.4 Å². The minimum atomic E-state index is -4.90. The molecule has 0 bridgehead atoms. The van der Waals surface area contributed by atoms with Crippen LogP contribution in [0.4, 0.5) is 22.4 Å². The summed E-state index contributed by atoms with van der Waals surface area (Å²) in [7, 11) is 0. The third-order valence-electron chi connectivity index (χ3n) is 5.97. The molecule has 0 spiro atoms. The smallest absolute Gasteiger partial charge is 0.422 e. The SMILES string of the molecule is CC(C)(F)C[C@@H](CO)N[C@@](C#CCCC[C@H]1COC(C)(C)N1C(=O)O)(c1ccc(Br)cc1)C(F)(F)F. The van der Waals surface area contributed by atoms with E-state index in [1.807, 2.05) is 0 Å². The first kappa shape index (κ1) is 30.4. The number of hydrogen-bond acceptors (Lipinski definition) is 4. The number of unbranched alkanes of at least 4 members (excludes halogenated alkanes) is 1. The Morgan fingerprint density at radius 1 is 1.28 bits per heavy atom. The van der Waals surface area contributed by atoms with E-state index >= 15 is 0 Å². The molecule has 1 aromatic rings. The van der Waals surface area contributed by atoms with Crippen LogP contribution in [0.25, 0.3) is 0 Å². The van der Waals surface area contributed by atoms with Gasteiger partial charge >= 0.3 is 12.3 Å². The van der Waals surface area contributed by atoms with Gasteiger partial charge in [0.25, 0.3) is 0 Å². The summed E-state index contributed by atoms with van der Waals surface area (Å²) in [5, 5.41) is 21.6. The van der Waals surface area contributed by atoms with Crippen LogP contribution in [0.5, 0.6) is 0 Å². The zero-order valence-electron chi connectivity index (χ0n) is 20.8. The number of aliphatic hydroxyl groups excluding tert-OH is 1. The predicted molar refractivity (Wildman–Crippen MR) is 131 cm³/mol. The number of benzene rings is 1. The topological polar surface area (TPSA) is 82.0 Å². The molecule has 2 rings (SSSR count). The van der Waals surface area contributed by atoms with Crippen LogP contribution in [0.15, 0.2) is 28.7 Å². The highest BCUT2D eigenvalue weighted by Crippen LogP contribution is 2.40. The summed E-state index contributed by atoms with van der Waals surface area (Å²) < 4.78 is 64.3. The highest BCUT2D eigenvalue weighted by Gasteiger charge is 2.56. The van der Waals surface area contributed by atoms with E-state index in [9.17, 15) is 32.6 Å². The standard InChI is InChI=1S/C25H33BrF4N2O4/c1-22(2,27)14-19(15-33)31-24(25(28,29)30,17-9-11-18(26)12-10-17)13-7-5-6-8-20-16-36-23(3,4)32(20)21(34)35/h9-12,19-20,31,33H,5-6,8,14-16H2,1-4H3,(H,34,35)/t19-,20-,24-/m0/s1. The number of hydrogen-bond donors (Lipinski definition) is 3. The minimum absolute atomic E-state index is 0.0683. The Hall–Kier alpha value is -1.87. The number of carboxylic acid groups (broad SMARTS) is 1. The Labute approximate surface area is 217 Å². The summed E-state index contributed by atoms with van der Waals surface area (Å²) in [6, 6.07) is 3.81. The first-order valence-electron chi connectivity index (χ1n) is 11.6. The molecule has 0 aromatic heterocycles. The molecule has 202 valence electrons. The average molecular weight is 581 g/mol. The molecule has 3 atom stereocenters. The lowest BCUT2D eigenvalue weighted by atomic mass is 9.87. The van der Waals surface area contributed by atoms with Gasteiger partial charge in [-0.05, 0) is 64.7 Å². The second kappa shape index (κ2) is 11.7. The van der Waals surface area contributed by atoms with Gasteiger partial charge < -0.3 is 14.9 Å². The molecule has 0 saturated carbocycles. The summed E-state index contributed by atoms with van der Waals surface area (Å²) in [5.74, 6) is 4.94. The number of nitrogens with one attached hydrogen (secondary N) is 1. The quantitative estimate of drug-likeness (QED) is 0.202. The third-order valence-corrected chi connectivity index (χ3v) is 6.50. The summed E-state index contributed by atoms with van der Waals surface area (Å²) in [4.78, 5) is 12.8. The lowest BCUT2D eigenvalue weighted by Gasteiger charge is -2.37. The fourth-order valence-corrected chi connectivity index (χ4v) is 4.63. The van der Waals surface area contributed by atoms with Crippen molar-refractivity contribution in [3.8, 4) is 11.8 Å². The number of rotatable bonds is 9. The number of alkyl halides is 4. The Kier molecular flexibility index (Phi) is 9.84. The molecule has 1 aliphatic rings. The summed E-state index contributed by atoms with van der Waals surface area (Å²) >= 11 is 3.21. The van der Waals surface area contributed by atoms with Crippen molar-refractivity contribution in [3.05, 3.63) is 34.3 Å². The van der Waals surface area contributed by atoms with Crippen molar-refractivity contribution >= 4 is 22.0 Å².